The monoisotopic (exact) mass is 882 g/mol. The molecule has 332 valence electrons. The van der Waals surface area contributed by atoms with Crippen LogP contribution in [0.5, 0.6) is 86.2 Å². The molecular weight excluding hydrogens is 844 g/mol. The van der Waals surface area contributed by atoms with Crippen molar-refractivity contribution in [2.24, 2.45) is 0 Å². The molecule has 0 bridgehead atoms. The summed E-state index contributed by atoms with van der Waals surface area (Å²) in [5, 5.41) is 178. The number of rotatable bonds is 5. The van der Waals surface area contributed by atoms with E-state index < -0.39 is 157 Å². The van der Waals surface area contributed by atoms with Crippen LogP contribution in [-0.2, 0) is 0 Å². The first-order valence-electron chi connectivity index (χ1n) is 19.4. The zero-order chi connectivity index (χ0) is 45.8. The Kier molecular flexibility index (Phi) is 9.67. The molecule has 16 N–H and O–H groups in total. The van der Waals surface area contributed by atoms with E-state index in [2.05, 4.69) is 0 Å². The van der Waals surface area contributed by atoms with Crippen LogP contribution in [0.25, 0.3) is 0 Å². The summed E-state index contributed by atoms with van der Waals surface area (Å²) >= 11 is 0. The molecule has 9 atom stereocenters. The molecule has 0 fully saturated rings. The van der Waals surface area contributed by atoms with Gasteiger partial charge in [0.15, 0.2) is 52.8 Å². The Morgan fingerprint density at radius 2 is 0.672 bits per heavy atom. The van der Waals surface area contributed by atoms with Crippen molar-refractivity contribution in [3.8, 4) is 86.2 Å². The fourth-order valence-electron chi connectivity index (χ4n) is 8.98. The van der Waals surface area contributed by atoms with Gasteiger partial charge in [-0.1, -0.05) is 18.2 Å². The second-order valence-electron chi connectivity index (χ2n) is 15.8. The van der Waals surface area contributed by atoms with Crippen LogP contribution in [0.15, 0.2) is 78.9 Å². The topological polar surface area (TPSA) is 351 Å². The maximum absolute atomic E-state index is 12.5. The number of phenolic OH excluding ortho intramolecular Hbond substituents is 12. The van der Waals surface area contributed by atoms with Crippen LogP contribution in [0.4, 0.5) is 0 Å². The number of ether oxygens (including phenoxy) is 3. The first kappa shape index (κ1) is 41.5. The van der Waals surface area contributed by atoms with Gasteiger partial charge in [-0.15, -0.1) is 0 Å². The smallest absolute Gasteiger partial charge is 0.157 e. The highest BCUT2D eigenvalue weighted by Gasteiger charge is 2.51. The molecule has 64 heavy (non-hydrogen) atoms. The molecule has 19 heteroatoms. The summed E-state index contributed by atoms with van der Waals surface area (Å²) in [5.41, 5.74) is -2.11. The summed E-state index contributed by atoms with van der Waals surface area (Å²) in [5.74, 6) is -12.8. The quantitative estimate of drug-likeness (QED) is 0.109. The molecular formula is C45H38O19. The lowest BCUT2D eigenvalue weighted by atomic mass is 9.73. The highest BCUT2D eigenvalue weighted by molar-refractivity contribution is 5.71. The first-order chi connectivity index (χ1) is 30.4. The number of hydrogen-bond acceptors (Lipinski definition) is 19. The van der Waals surface area contributed by atoms with Gasteiger partial charge in [0, 0.05) is 46.5 Å². The third-order valence-corrected chi connectivity index (χ3v) is 11.9. The predicted octanol–water partition coefficient (Wildman–Crippen LogP) is 3.93. The maximum Gasteiger partial charge on any atom is 0.157 e. The van der Waals surface area contributed by atoms with Crippen molar-refractivity contribution in [1.29, 1.82) is 0 Å². The molecule has 19 nitrogen and oxygen atoms in total. The van der Waals surface area contributed by atoms with Gasteiger partial charge in [-0.2, -0.15) is 0 Å². The number of aromatic hydroxyl groups is 12. The normalized spacial score (nSPS) is 24.6. The molecule has 0 saturated carbocycles. The summed E-state index contributed by atoms with van der Waals surface area (Å²) in [6.45, 7) is 0. The minimum absolute atomic E-state index is 0.0174. The van der Waals surface area contributed by atoms with E-state index in [0.29, 0.717) is 0 Å². The van der Waals surface area contributed by atoms with Crippen molar-refractivity contribution in [3.63, 3.8) is 0 Å². The molecule has 0 unspecified atom stereocenters. The highest BCUT2D eigenvalue weighted by atomic mass is 16.5. The standard InChI is InChI=1S/C45H38O19/c46-17-10-24(53)30-29(11-17)62-41(14-1-4-18(47)21(50)7-14)38(59)35(30)31-25(54)12-26(55)32-36(39(60)42(63-44(31)32)15-2-5-19(48)22(51)8-15)33-27(56)13-28(57)34-37(58)40(61)43(64-45(33)34)16-3-6-20(49)23(52)9-16/h1-13,35-43,46-61H/t35-,36-,37-,38-,39-,40-,41-,42+,43+/m0/s1. The van der Waals surface area contributed by atoms with Crippen molar-refractivity contribution >= 4 is 0 Å². The molecule has 0 radical (unpaired) electrons. The van der Waals surface area contributed by atoms with E-state index in [-0.39, 0.29) is 28.0 Å². The van der Waals surface area contributed by atoms with Crippen LogP contribution in [0.1, 0.15) is 80.8 Å². The largest absolute Gasteiger partial charge is 0.508 e. The number of benzene rings is 6. The zero-order valence-corrected chi connectivity index (χ0v) is 32.6. The summed E-state index contributed by atoms with van der Waals surface area (Å²) < 4.78 is 18.8. The lowest BCUT2D eigenvalue weighted by Gasteiger charge is -2.43. The number of phenols is 12. The minimum Gasteiger partial charge on any atom is -0.508 e. The van der Waals surface area contributed by atoms with E-state index in [4.69, 9.17) is 14.2 Å². The van der Waals surface area contributed by atoms with Gasteiger partial charge in [-0.25, -0.2) is 0 Å². The van der Waals surface area contributed by atoms with Gasteiger partial charge < -0.3 is 95.9 Å². The van der Waals surface area contributed by atoms with Crippen molar-refractivity contribution < 1.29 is 95.9 Å². The third-order valence-electron chi connectivity index (χ3n) is 11.9. The van der Waals surface area contributed by atoms with Gasteiger partial charge in [0.1, 0.15) is 76.2 Å². The molecule has 0 aliphatic carbocycles. The molecule has 3 heterocycles. The Labute approximate surface area is 359 Å². The second kappa shape index (κ2) is 14.9. The van der Waals surface area contributed by atoms with Crippen molar-refractivity contribution in [2.45, 2.75) is 54.6 Å². The Bertz CT molecular complexity index is 2880. The van der Waals surface area contributed by atoms with Gasteiger partial charge >= 0.3 is 0 Å². The molecule has 0 aromatic heterocycles. The second-order valence-corrected chi connectivity index (χ2v) is 15.8. The van der Waals surface area contributed by atoms with Crippen LogP contribution in [0.2, 0.25) is 0 Å². The van der Waals surface area contributed by atoms with E-state index in [0.717, 1.165) is 60.7 Å². The van der Waals surface area contributed by atoms with Crippen molar-refractivity contribution in [1.82, 2.24) is 0 Å². The number of aliphatic hydroxyl groups excluding tert-OH is 4. The van der Waals surface area contributed by atoms with E-state index in [1.165, 1.54) is 18.2 Å². The highest BCUT2D eigenvalue weighted by Crippen LogP contribution is 2.63. The Hall–Kier alpha value is -7.84. The minimum atomic E-state index is -2.00. The average molecular weight is 883 g/mol. The van der Waals surface area contributed by atoms with Crippen LogP contribution in [-0.4, -0.2) is 100 Å². The summed E-state index contributed by atoms with van der Waals surface area (Å²) in [6.07, 6.45) is -12.6. The molecule has 3 aliphatic heterocycles. The molecule has 0 spiro atoms. The number of aliphatic hydroxyl groups is 4. The van der Waals surface area contributed by atoms with Crippen LogP contribution >= 0.6 is 0 Å². The fourth-order valence-corrected chi connectivity index (χ4v) is 8.98. The van der Waals surface area contributed by atoms with Crippen molar-refractivity contribution in [2.75, 3.05) is 0 Å². The van der Waals surface area contributed by atoms with Gasteiger partial charge in [0.25, 0.3) is 0 Å². The Morgan fingerprint density at radius 1 is 0.312 bits per heavy atom. The first-order valence-corrected chi connectivity index (χ1v) is 19.4. The molecule has 6 aromatic rings. The Balaban J connectivity index is 1.32. The van der Waals surface area contributed by atoms with Crippen LogP contribution in [0, 0.1) is 0 Å². The van der Waals surface area contributed by atoms with Crippen LogP contribution < -0.4 is 14.2 Å². The lowest BCUT2D eigenvalue weighted by Crippen LogP contribution is -2.39. The molecule has 0 amide bonds. The maximum atomic E-state index is 12.5. The lowest BCUT2D eigenvalue weighted by molar-refractivity contribution is -0.0723. The summed E-state index contributed by atoms with van der Waals surface area (Å²) in [4.78, 5) is 0. The zero-order valence-electron chi connectivity index (χ0n) is 32.6. The van der Waals surface area contributed by atoms with Gasteiger partial charge in [-0.05, 0) is 53.1 Å². The van der Waals surface area contributed by atoms with Crippen molar-refractivity contribution in [3.05, 3.63) is 123 Å². The Morgan fingerprint density at radius 3 is 1.11 bits per heavy atom. The van der Waals surface area contributed by atoms with E-state index in [9.17, 15) is 81.7 Å². The molecule has 6 aromatic carbocycles. The SMILES string of the molecule is Oc1cc(O)c2c(c1)O[C@@H](c1ccc(O)c(O)c1)[C@@H](O)[C@@H]2c1c(O)cc(O)c2c1O[C@H](c1ccc(O)c(O)c1)[C@@H](O)[C@@H]2c1c(O)cc(O)c2c1O[C@H](c1ccc(O)c(O)c1)[C@@H](O)[C@H]2O. The predicted molar refractivity (Wildman–Crippen MR) is 215 cm³/mol. The molecule has 0 saturated heterocycles. The third kappa shape index (κ3) is 6.36. The summed E-state index contributed by atoms with van der Waals surface area (Å²) in [6, 6.07) is 13.7. The van der Waals surface area contributed by atoms with Gasteiger partial charge in [0.05, 0.1) is 17.4 Å². The fraction of sp³-hybridized carbons (Fsp3) is 0.200. The van der Waals surface area contributed by atoms with E-state index in [1.807, 2.05) is 0 Å². The van der Waals surface area contributed by atoms with E-state index >= 15 is 0 Å². The molecule has 9 rings (SSSR count). The molecule has 3 aliphatic rings. The van der Waals surface area contributed by atoms with E-state index in [1.54, 1.807) is 0 Å². The summed E-state index contributed by atoms with van der Waals surface area (Å²) in [7, 11) is 0. The average Bonchev–Trinajstić information content (AvgIpc) is 3.23. The van der Waals surface area contributed by atoms with Crippen LogP contribution in [0.3, 0.4) is 0 Å². The van der Waals surface area contributed by atoms with Gasteiger partial charge in [-0.3, -0.25) is 0 Å². The van der Waals surface area contributed by atoms with Gasteiger partial charge in [0.2, 0.25) is 0 Å². The number of hydrogen-bond donors (Lipinski definition) is 16. The number of fused-ring (bicyclic) bond motifs is 3.